The van der Waals surface area contributed by atoms with Crippen LogP contribution < -0.4 is 5.32 Å². The van der Waals surface area contributed by atoms with Gasteiger partial charge in [0.05, 0.1) is 5.02 Å². The van der Waals surface area contributed by atoms with E-state index < -0.39 is 0 Å². The van der Waals surface area contributed by atoms with Gasteiger partial charge in [0, 0.05) is 6.04 Å². The molecule has 0 saturated heterocycles. The highest BCUT2D eigenvalue weighted by atomic mass is 35.5. The van der Waals surface area contributed by atoms with Gasteiger partial charge in [0.15, 0.2) is 0 Å². The molecule has 0 aromatic heterocycles. The summed E-state index contributed by atoms with van der Waals surface area (Å²) < 4.78 is 13.7. The number of hydrogen-bond acceptors (Lipinski definition) is 1. The predicted octanol–water partition coefficient (Wildman–Crippen LogP) is 3.41. The Balaban J connectivity index is 2.11. The highest BCUT2D eigenvalue weighted by Crippen LogP contribution is 2.30. The maximum absolute atomic E-state index is 13.7. The van der Waals surface area contributed by atoms with E-state index in [1.54, 1.807) is 6.07 Å². The number of hydrogen-bond donors (Lipinski definition) is 1. The van der Waals surface area contributed by atoms with Crippen LogP contribution in [0.5, 0.6) is 0 Å². The lowest BCUT2D eigenvalue weighted by Gasteiger charge is -2.19. The first kappa shape index (κ1) is 11.9. The van der Waals surface area contributed by atoms with E-state index in [2.05, 4.69) is 5.32 Å². The van der Waals surface area contributed by atoms with Crippen LogP contribution in [0.2, 0.25) is 5.02 Å². The van der Waals surface area contributed by atoms with Gasteiger partial charge in [-0.2, -0.15) is 0 Å². The van der Waals surface area contributed by atoms with Crippen LogP contribution in [0.4, 0.5) is 4.39 Å². The van der Waals surface area contributed by atoms with E-state index >= 15 is 0 Å². The SMILES string of the molecule is CNC1CCCC1Cc1cccc(Cl)c1F. The Bertz CT molecular complexity index is 367. The molecule has 88 valence electrons. The minimum atomic E-state index is -0.245. The van der Waals surface area contributed by atoms with Gasteiger partial charge in [-0.1, -0.05) is 30.2 Å². The Kier molecular flexibility index (Phi) is 3.82. The van der Waals surface area contributed by atoms with Crippen molar-refractivity contribution in [2.24, 2.45) is 5.92 Å². The summed E-state index contributed by atoms with van der Waals surface area (Å²) in [5.41, 5.74) is 0.750. The normalized spacial score (nSPS) is 24.9. The molecule has 1 aromatic rings. The zero-order valence-corrected chi connectivity index (χ0v) is 10.2. The molecule has 2 unspecified atom stereocenters. The van der Waals surface area contributed by atoms with Gasteiger partial charge in [0.1, 0.15) is 5.82 Å². The molecule has 0 bridgehead atoms. The smallest absolute Gasteiger partial charge is 0.144 e. The molecule has 1 fully saturated rings. The average molecular weight is 242 g/mol. The lowest BCUT2D eigenvalue weighted by molar-refractivity contribution is 0.417. The third-order valence-corrected chi connectivity index (χ3v) is 3.84. The van der Waals surface area contributed by atoms with E-state index in [9.17, 15) is 4.39 Å². The van der Waals surface area contributed by atoms with Crippen molar-refractivity contribution in [1.29, 1.82) is 0 Å². The van der Waals surface area contributed by atoms with Crippen molar-refractivity contribution in [3.63, 3.8) is 0 Å². The van der Waals surface area contributed by atoms with Crippen LogP contribution in [-0.4, -0.2) is 13.1 Å². The summed E-state index contributed by atoms with van der Waals surface area (Å²) in [7, 11) is 1.98. The monoisotopic (exact) mass is 241 g/mol. The van der Waals surface area contributed by atoms with Gasteiger partial charge in [0.2, 0.25) is 0 Å². The molecular weight excluding hydrogens is 225 g/mol. The molecule has 0 heterocycles. The largest absolute Gasteiger partial charge is 0.317 e. The molecule has 1 aliphatic carbocycles. The van der Waals surface area contributed by atoms with E-state index in [1.165, 1.54) is 19.3 Å². The van der Waals surface area contributed by atoms with Crippen molar-refractivity contribution >= 4 is 11.6 Å². The van der Waals surface area contributed by atoms with E-state index in [1.807, 2.05) is 19.2 Å². The maximum atomic E-state index is 13.7. The molecule has 1 aliphatic rings. The Labute approximate surface area is 101 Å². The van der Waals surface area contributed by atoms with Crippen LogP contribution in [0.1, 0.15) is 24.8 Å². The quantitative estimate of drug-likeness (QED) is 0.855. The zero-order chi connectivity index (χ0) is 11.5. The Hall–Kier alpha value is -0.600. The van der Waals surface area contributed by atoms with Gasteiger partial charge in [0.25, 0.3) is 0 Å². The van der Waals surface area contributed by atoms with Crippen LogP contribution in [0, 0.1) is 11.7 Å². The van der Waals surface area contributed by atoms with E-state index in [4.69, 9.17) is 11.6 Å². The van der Waals surface area contributed by atoms with Crippen LogP contribution in [0.15, 0.2) is 18.2 Å². The highest BCUT2D eigenvalue weighted by Gasteiger charge is 2.26. The van der Waals surface area contributed by atoms with Gasteiger partial charge in [-0.3, -0.25) is 0 Å². The second kappa shape index (κ2) is 5.15. The predicted molar refractivity (Wildman–Crippen MR) is 65.3 cm³/mol. The van der Waals surface area contributed by atoms with Crippen molar-refractivity contribution in [3.05, 3.63) is 34.6 Å². The van der Waals surface area contributed by atoms with Crippen molar-refractivity contribution in [3.8, 4) is 0 Å². The second-order valence-corrected chi connectivity index (χ2v) is 4.91. The number of benzene rings is 1. The van der Waals surface area contributed by atoms with Crippen LogP contribution in [0.25, 0.3) is 0 Å². The van der Waals surface area contributed by atoms with Crippen LogP contribution >= 0.6 is 11.6 Å². The fourth-order valence-corrected chi connectivity index (χ4v) is 2.84. The van der Waals surface area contributed by atoms with Crippen LogP contribution in [0.3, 0.4) is 0 Å². The van der Waals surface area contributed by atoms with Crippen LogP contribution in [-0.2, 0) is 6.42 Å². The van der Waals surface area contributed by atoms with Gasteiger partial charge < -0.3 is 5.32 Å². The fraction of sp³-hybridized carbons (Fsp3) is 0.538. The standard InChI is InChI=1S/C13H17ClFN/c1-16-12-7-3-4-9(12)8-10-5-2-6-11(14)13(10)15/h2,5-6,9,12,16H,3-4,7-8H2,1H3. The minimum absolute atomic E-state index is 0.233. The molecule has 0 spiro atoms. The zero-order valence-electron chi connectivity index (χ0n) is 9.47. The summed E-state index contributed by atoms with van der Waals surface area (Å²) in [6, 6.07) is 5.79. The number of halogens is 2. The molecule has 2 rings (SSSR count). The topological polar surface area (TPSA) is 12.0 Å². The second-order valence-electron chi connectivity index (χ2n) is 4.50. The Morgan fingerprint density at radius 3 is 3.00 bits per heavy atom. The summed E-state index contributed by atoms with van der Waals surface area (Å²) in [5, 5.41) is 3.55. The summed E-state index contributed by atoms with van der Waals surface area (Å²) >= 11 is 5.78. The van der Waals surface area contributed by atoms with Crippen molar-refractivity contribution in [2.45, 2.75) is 31.7 Å². The first-order chi connectivity index (χ1) is 7.72. The van der Waals surface area contributed by atoms with Crippen molar-refractivity contribution in [1.82, 2.24) is 5.32 Å². The highest BCUT2D eigenvalue weighted by molar-refractivity contribution is 6.30. The Morgan fingerprint density at radius 1 is 1.44 bits per heavy atom. The molecule has 0 aliphatic heterocycles. The molecule has 2 atom stereocenters. The average Bonchev–Trinajstić information content (AvgIpc) is 2.72. The molecule has 3 heteroatoms. The minimum Gasteiger partial charge on any atom is -0.317 e. The molecule has 0 radical (unpaired) electrons. The molecule has 0 amide bonds. The summed E-state index contributed by atoms with van der Waals surface area (Å²) in [6.45, 7) is 0. The molecule has 16 heavy (non-hydrogen) atoms. The molecule has 1 aromatic carbocycles. The lowest BCUT2D eigenvalue weighted by atomic mass is 9.94. The third-order valence-electron chi connectivity index (χ3n) is 3.54. The Morgan fingerprint density at radius 2 is 2.25 bits per heavy atom. The van der Waals surface area contributed by atoms with E-state index in [0.717, 1.165) is 12.0 Å². The third kappa shape index (κ3) is 2.38. The summed E-state index contributed by atoms with van der Waals surface area (Å²) in [6.07, 6.45) is 4.40. The van der Waals surface area contributed by atoms with E-state index in [0.29, 0.717) is 12.0 Å². The molecule has 1 saturated carbocycles. The first-order valence-electron chi connectivity index (χ1n) is 5.82. The number of nitrogens with one attached hydrogen (secondary N) is 1. The molecule has 1 nitrogen and oxygen atoms in total. The van der Waals surface area contributed by atoms with E-state index in [-0.39, 0.29) is 10.8 Å². The first-order valence-corrected chi connectivity index (χ1v) is 6.20. The van der Waals surface area contributed by atoms with Gasteiger partial charge in [-0.05, 0) is 43.9 Å². The van der Waals surface area contributed by atoms with Crippen molar-refractivity contribution in [2.75, 3.05) is 7.05 Å². The summed E-state index contributed by atoms with van der Waals surface area (Å²) in [4.78, 5) is 0. The lowest BCUT2D eigenvalue weighted by Crippen LogP contribution is -2.30. The van der Waals surface area contributed by atoms with Gasteiger partial charge in [-0.15, -0.1) is 0 Å². The summed E-state index contributed by atoms with van der Waals surface area (Å²) in [5.74, 6) is 0.295. The molecular formula is C13H17ClFN. The number of rotatable bonds is 3. The fourth-order valence-electron chi connectivity index (χ4n) is 2.65. The van der Waals surface area contributed by atoms with Gasteiger partial charge in [-0.25, -0.2) is 4.39 Å². The maximum Gasteiger partial charge on any atom is 0.144 e. The molecule has 1 N–H and O–H groups in total. The van der Waals surface area contributed by atoms with Crippen molar-refractivity contribution < 1.29 is 4.39 Å². The van der Waals surface area contributed by atoms with Gasteiger partial charge >= 0.3 is 0 Å².